The summed E-state index contributed by atoms with van der Waals surface area (Å²) >= 11 is 0. The summed E-state index contributed by atoms with van der Waals surface area (Å²) in [5, 5.41) is 0. The van der Waals surface area contributed by atoms with Crippen LogP contribution in [0.15, 0.2) is 66.7 Å². The van der Waals surface area contributed by atoms with Gasteiger partial charge < -0.3 is 14.0 Å². The Morgan fingerprint density at radius 1 is 0.938 bits per heavy atom. The molecule has 0 unspecified atom stereocenters. The number of aromatic nitrogens is 2. The number of ether oxygens (including phenoxy) is 2. The van der Waals surface area contributed by atoms with Crippen molar-refractivity contribution in [1.82, 2.24) is 9.55 Å². The number of imidazole rings is 1. The van der Waals surface area contributed by atoms with Crippen molar-refractivity contribution in [2.75, 3.05) is 13.2 Å². The van der Waals surface area contributed by atoms with E-state index in [1.54, 1.807) is 13.0 Å². The van der Waals surface area contributed by atoms with E-state index in [9.17, 15) is 4.79 Å². The van der Waals surface area contributed by atoms with E-state index < -0.39 is 0 Å². The predicted molar refractivity (Wildman–Crippen MR) is 126 cm³/mol. The third kappa shape index (κ3) is 4.67. The highest BCUT2D eigenvalue weighted by Crippen LogP contribution is 2.25. The van der Waals surface area contributed by atoms with Crippen molar-refractivity contribution in [2.45, 2.75) is 33.7 Å². The average Bonchev–Trinajstić information content (AvgIpc) is 3.13. The smallest absolute Gasteiger partial charge is 0.341 e. The van der Waals surface area contributed by atoms with Gasteiger partial charge in [-0.2, -0.15) is 0 Å². The molecule has 0 amide bonds. The number of hydrogen-bond donors (Lipinski definition) is 0. The van der Waals surface area contributed by atoms with Gasteiger partial charge in [0.15, 0.2) is 0 Å². The maximum atomic E-state index is 12.3. The van der Waals surface area contributed by atoms with Crippen molar-refractivity contribution in [3.05, 3.63) is 94.8 Å². The molecule has 0 aliphatic rings. The van der Waals surface area contributed by atoms with Gasteiger partial charge in [-0.1, -0.05) is 48.0 Å². The van der Waals surface area contributed by atoms with Gasteiger partial charge in [-0.25, -0.2) is 9.78 Å². The summed E-state index contributed by atoms with van der Waals surface area (Å²) in [4.78, 5) is 17.2. The summed E-state index contributed by atoms with van der Waals surface area (Å²) in [5.41, 5.74) is 6.04. The highest BCUT2D eigenvalue weighted by Gasteiger charge is 2.17. The zero-order valence-corrected chi connectivity index (χ0v) is 18.8. The lowest BCUT2D eigenvalue weighted by atomic mass is 10.1. The number of hydrogen-bond acceptors (Lipinski definition) is 4. The SMILES string of the molecule is CCOC(=O)c1ccc(Cc2nc3ccccc3n2Cc2ccc(C)cc2)cc1OCC. The number of aryl methyl sites for hydroxylation is 1. The molecule has 5 nitrogen and oxygen atoms in total. The molecule has 5 heteroatoms. The molecule has 0 atom stereocenters. The van der Waals surface area contributed by atoms with Crippen LogP contribution in [0, 0.1) is 6.92 Å². The lowest BCUT2D eigenvalue weighted by Crippen LogP contribution is -2.09. The van der Waals surface area contributed by atoms with Crippen LogP contribution >= 0.6 is 0 Å². The topological polar surface area (TPSA) is 53.3 Å². The first kappa shape index (κ1) is 21.6. The maximum Gasteiger partial charge on any atom is 0.341 e. The zero-order chi connectivity index (χ0) is 22.5. The molecule has 0 fully saturated rings. The monoisotopic (exact) mass is 428 g/mol. The normalized spacial score (nSPS) is 11.0. The number of para-hydroxylation sites is 2. The molecule has 0 saturated heterocycles. The van der Waals surface area contributed by atoms with Crippen LogP contribution in [0.4, 0.5) is 0 Å². The minimum Gasteiger partial charge on any atom is -0.493 e. The highest BCUT2D eigenvalue weighted by molar-refractivity contribution is 5.92. The predicted octanol–water partition coefficient (Wildman–Crippen LogP) is 5.56. The molecule has 3 aromatic carbocycles. The van der Waals surface area contributed by atoms with Gasteiger partial charge >= 0.3 is 5.97 Å². The molecule has 4 rings (SSSR count). The molecule has 0 aliphatic heterocycles. The van der Waals surface area contributed by atoms with Crippen LogP contribution in [-0.2, 0) is 17.7 Å². The molecule has 0 radical (unpaired) electrons. The number of carbonyl (C=O) groups is 1. The molecule has 0 N–H and O–H groups in total. The van der Waals surface area contributed by atoms with Crippen molar-refractivity contribution >= 4 is 17.0 Å². The fourth-order valence-corrected chi connectivity index (χ4v) is 3.82. The van der Waals surface area contributed by atoms with E-state index in [2.05, 4.69) is 41.8 Å². The first-order chi connectivity index (χ1) is 15.6. The second-order valence-corrected chi connectivity index (χ2v) is 7.75. The van der Waals surface area contributed by atoms with Crippen molar-refractivity contribution < 1.29 is 14.3 Å². The van der Waals surface area contributed by atoms with Crippen LogP contribution in [0.2, 0.25) is 0 Å². The first-order valence-corrected chi connectivity index (χ1v) is 11.0. The number of benzene rings is 3. The maximum absolute atomic E-state index is 12.3. The molecule has 4 aromatic rings. The molecular formula is C27H28N2O3. The second kappa shape index (κ2) is 9.69. The van der Waals surface area contributed by atoms with E-state index in [-0.39, 0.29) is 5.97 Å². The van der Waals surface area contributed by atoms with Crippen LogP contribution in [0.5, 0.6) is 5.75 Å². The first-order valence-electron chi connectivity index (χ1n) is 11.0. The van der Waals surface area contributed by atoms with Crippen LogP contribution in [-0.4, -0.2) is 28.7 Å². The van der Waals surface area contributed by atoms with Crippen LogP contribution in [0.3, 0.4) is 0 Å². The molecule has 1 heterocycles. The van der Waals surface area contributed by atoms with Gasteiger partial charge in [0.05, 0.1) is 24.2 Å². The summed E-state index contributed by atoms with van der Waals surface area (Å²) in [7, 11) is 0. The lowest BCUT2D eigenvalue weighted by Gasteiger charge is -2.13. The summed E-state index contributed by atoms with van der Waals surface area (Å²) in [6.45, 7) is 7.35. The van der Waals surface area contributed by atoms with Crippen LogP contribution in [0.25, 0.3) is 11.0 Å². The average molecular weight is 429 g/mol. The number of carbonyl (C=O) groups excluding carboxylic acids is 1. The van der Waals surface area contributed by atoms with Gasteiger partial charge in [0.1, 0.15) is 17.1 Å². The van der Waals surface area contributed by atoms with Crippen molar-refractivity contribution in [3.63, 3.8) is 0 Å². The standard InChI is InChI=1S/C27H28N2O3/c1-4-31-25-16-21(14-15-22(25)27(30)32-5-2)17-26-28-23-8-6-7-9-24(23)29(26)18-20-12-10-19(3)11-13-20/h6-16H,4-5,17-18H2,1-3H3. The molecule has 0 bridgehead atoms. The molecule has 32 heavy (non-hydrogen) atoms. The quantitative estimate of drug-likeness (QED) is 0.345. The summed E-state index contributed by atoms with van der Waals surface area (Å²) in [5.74, 6) is 1.15. The molecule has 0 spiro atoms. The highest BCUT2D eigenvalue weighted by atomic mass is 16.5. The number of esters is 1. The largest absolute Gasteiger partial charge is 0.493 e. The lowest BCUT2D eigenvalue weighted by molar-refractivity contribution is 0.0522. The summed E-state index contributed by atoms with van der Waals surface area (Å²) < 4.78 is 13.2. The van der Waals surface area contributed by atoms with Gasteiger partial charge in [-0.15, -0.1) is 0 Å². The van der Waals surface area contributed by atoms with Crippen molar-refractivity contribution in [2.24, 2.45) is 0 Å². The van der Waals surface area contributed by atoms with Crippen molar-refractivity contribution in [1.29, 1.82) is 0 Å². The fraction of sp³-hybridized carbons (Fsp3) is 0.259. The van der Waals surface area contributed by atoms with Gasteiger partial charge in [-0.3, -0.25) is 0 Å². The van der Waals surface area contributed by atoms with Crippen LogP contribution in [0.1, 0.15) is 46.7 Å². The number of nitrogens with zero attached hydrogens (tertiary/aromatic N) is 2. The van der Waals surface area contributed by atoms with E-state index >= 15 is 0 Å². The summed E-state index contributed by atoms with van der Waals surface area (Å²) in [6, 6.07) is 22.4. The Bertz CT molecular complexity index is 1230. The number of rotatable bonds is 8. The van der Waals surface area contributed by atoms with E-state index in [0.29, 0.717) is 30.9 Å². The van der Waals surface area contributed by atoms with Gasteiger partial charge in [0, 0.05) is 13.0 Å². The third-order valence-corrected chi connectivity index (χ3v) is 5.40. The Kier molecular flexibility index (Phi) is 6.55. The van der Waals surface area contributed by atoms with Crippen LogP contribution < -0.4 is 4.74 Å². The summed E-state index contributed by atoms with van der Waals surface area (Å²) in [6.07, 6.45) is 0.629. The van der Waals surface area contributed by atoms with E-state index in [1.165, 1.54) is 11.1 Å². The Morgan fingerprint density at radius 3 is 2.44 bits per heavy atom. The molecular weight excluding hydrogens is 400 g/mol. The Morgan fingerprint density at radius 2 is 1.69 bits per heavy atom. The minimum atomic E-state index is -0.367. The Balaban J connectivity index is 1.70. The van der Waals surface area contributed by atoms with Gasteiger partial charge in [-0.05, 0) is 56.2 Å². The molecule has 164 valence electrons. The Hall–Kier alpha value is -3.60. The molecule has 1 aromatic heterocycles. The third-order valence-electron chi connectivity index (χ3n) is 5.40. The van der Waals surface area contributed by atoms with Gasteiger partial charge in [0.2, 0.25) is 0 Å². The Labute approximate surface area is 188 Å². The number of fused-ring (bicyclic) bond motifs is 1. The fourth-order valence-electron chi connectivity index (χ4n) is 3.82. The van der Waals surface area contributed by atoms with Gasteiger partial charge in [0.25, 0.3) is 0 Å². The van der Waals surface area contributed by atoms with E-state index in [1.807, 2.05) is 37.3 Å². The zero-order valence-electron chi connectivity index (χ0n) is 18.8. The second-order valence-electron chi connectivity index (χ2n) is 7.75. The van der Waals surface area contributed by atoms with E-state index in [0.717, 1.165) is 29.0 Å². The minimum absolute atomic E-state index is 0.329. The molecule has 0 aliphatic carbocycles. The molecule has 0 saturated carbocycles. The van der Waals surface area contributed by atoms with E-state index in [4.69, 9.17) is 14.5 Å². The van der Waals surface area contributed by atoms with Crippen molar-refractivity contribution in [3.8, 4) is 5.75 Å².